The standard InChI is InChI=1S/C21H32N4O3S/c1-5-28-18-7-8-19-16(14-18)13-17(20(26)23-19)15-25(11-10-24(2)3)21(29)22-9-6-12-27-4/h7-8,13-14H,5-6,9-12,15H2,1-4H3,(H,22,29)(H,23,26). The minimum Gasteiger partial charge on any atom is -0.494 e. The van der Waals surface area contributed by atoms with E-state index in [1.165, 1.54) is 0 Å². The summed E-state index contributed by atoms with van der Waals surface area (Å²) in [6.07, 6.45) is 0.870. The number of thiocarbonyl (C=S) groups is 1. The van der Waals surface area contributed by atoms with Crippen molar-refractivity contribution in [3.63, 3.8) is 0 Å². The van der Waals surface area contributed by atoms with E-state index in [0.29, 0.717) is 30.4 Å². The van der Waals surface area contributed by atoms with Crippen LogP contribution in [0.15, 0.2) is 29.1 Å². The molecule has 0 atom stereocenters. The van der Waals surface area contributed by atoms with Crippen LogP contribution < -0.4 is 15.6 Å². The van der Waals surface area contributed by atoms with Crippen molar-refractivity contribution in [3.05, 3.63) is 40.2 Å². The molecule has 0 saturated heterocycles. The fraction of sp³-hybridized carbons (Fsp3) is 0.524. The van der Waals surface area contributed by atoms with Crippen LogP contribution in [0.4, 0.5) is 0 Å². The van der Waals surface area contributed by atoms with Gasteiger partial charge in [-0.25, -0.2) is 0 Å². The normalized spacial score (nSPS) is 11.1. The van der Waals surface area contributed by atoms with E-state index in [9.17, 15) is 4.79 Å². The van der Waals surface area contributed by atoms with Crippen molar-refractivity contribution in [2.24, 2.45) is 0 Å². The van der Waals surface area contributed by atoms with Gasteiger partial charge in [-0.15, -0.1) is 0 Å². The lowest BCUT2D eigenvalue weighted by molar-refractivity contribution is 0.195. The average Bonchev–Trinajstić information content (AvgIpc) is 2.69. The Morgan fingerprint density at radius 1 is 1.24 bits per heavy atom. The summed E-state index contributed by atoms with van der Waals surface area (Å²) in [5.74, 6) is 0.790. The highest BCUT2D eigenvalue weighted by Gasteiger charge is 2.14. The smallest absolute Gasteiger partial charge is 0.253 e. The van der Waals surface area contributed by atoms with E-state index in [1.54, 1.807) is 7.11 Å². The Bertz CT molecular complexity index is 853. The van der Waals surface area contributed by atoms with Gasteiger partial charge >= 0.3 is 0 Å². The van der Waals surface area contributed by atoms with E-state index in [0.717, 1.165) is 42.7 Å². The van der Waals surface area contributed by atoms with Crippen molar-refractivity contribution in [2.75, 3.05) is 54.1 Å². The number of hydrogen-bond acceptors (Lipinski definition) is 5. The van der Waals surface area contributed by atoms with E-state index < -0.39 is 0 Å². The quantitative estimate of drug-likeness (QED) is 0.427. The molecule has 0 aliphatic heterocycles. The van der Waals surface area contributed by atoms with Crippen LogP contribution in [0.2, 0.25) is 0 Å². The zero-order chi connectivity index (χ0) is 21.2. The summed E-state index contributed by atoms with van der Waals surface area (Å²) < 4.78 is 10.7. The molecule has 0 bridgehead atoms. The summed E-state index contributed by atoms with van der Waals surface area (Å²) >= 11 is 5.59. The summed E-state index contributed by atoms with van der Waals surface area (Å²) in [6.45, 7) is 5.96. The van der Waals surface area contributed by atoms with Crippen LogP contribution in [-0.2, 0) is 11.3 Å². The Morgan fingerprint density at radius 2 is 2.03 bits per heavy atom. The first kappa shape index (κ1) is 23.1. The molecule has 8 heteroatoms. The second-order valence-electron chi connectivity index (χ2n) is 7.11. The third kappa shape index (κ3) is 7.30. The summed E-state index contributed by atoms with van der Waals surface area (Å²) in [4.78, 5) is 19.7. The highest BCUT2D eigenvalue weighted by atomic mass is 32.1. The number of hydrogen-bond donors (Lipinski definition) is 2. The van der Waals surface area contributed by atoms with Gasteiger partial charge in [0, 0.05) is 49.8 Å². The first-order valence-electron chi connectivity index (χ1n) is 9.89. The predicted octanol–water partition coefficient (Wildman–Crippen LogP) is 2.20. The maximum Gasteiger partial charge on any atom is 0.253 e. The monoisotopic (exact) mass is 420 g/mol. The Kier molecular flexibility index (Phi) is 9.37. The molecule has 1 aromatic heterocycles. The molecule has 2 aromatic rings. The summed E-state index contributed by atoms with van der Waals surface area (Å²) in [5.41, 5.74) is 1.37. The Balaban J connectivity index is 2.20. The molecule has 0 fully saturated rings. The number of nitrogens with one attached hydrogen (secondary N) is 2. The van der Waals surface area contributed by atoms with E-state index >= 15 is 0 Å². The molecule has 2 N–H and O–H groups in total. The van der Waals surface area contributed by atoms with Crippen LogP contribution in [0.1, 0.15) is 18.9 Å². The molecular weight excluding hydrogens is 388 g/mol. The topological polar surface area (TPSA) is 69.8 Å². The number of aromatic nitrogens is 1. The number of pyridine rings is 1. The van der Waals surface area contributed by atoms with Gasteiger partial charge in [-0.05, 0) is 63.9 Å². The van der Waals surface area contributed by atoms with Crippen molar-refractivity contribution in [1.29, 1.82) is 0 Å². The number of likely N-dealkylation sites (N-methyl/N-ethyl adjacent to an activating group) is 1. The molecule has 0 aliphatic carbocycles. The lowest BCUT2D eigenvalue weighted by atomic mass is 10.1. The number of benzene rings is 1. The maximum absolute atomic E-state index is 12.6. The Hall–Kier alpha value is -2.16. The van der Waals surface area contributed by atoms with Gasteiger partial charge in [-0.2, -0.15) is 0 Å². The highest BCUT2D eigenvalue weighted by molar-refractivity contribution is 7.80. The largest absolute Gasteiger partial charge is 0.494 e. The third-order valence-electron chi connectivity index (χ3n) is 4.47. The third-order valence-corrected chi connectivity index (χ3v) is 4.87. The van der Waals surface area contributed by atoms with Gasteiger partial charge in [0.15, 0.2) is 5.11 Å². The summed E-state index contributed by atoms with van der Waals surface area (Å²) in [6, 6.07) is 7.61. The molecule has 29 heavy (non-hydrogen) atoms. The Morgan fingerprint density at radius 3 is 2.72 bits per heavy atom. The molecule has 0 aliphatic rings. The summed E-state index contributed by atoms with van der Waals surface area (Å²) in [5, 5.41) is 4.86. The van der Waals surface area contributed by atoms with Crippen LogP contribution in [0.3, 0.4) is 0 Å². The highest BCUT2D eigenvalue weighted by Crippen LogP contribution is 2.19. The van der Waals surface area contributed by atoms with Crippen LogP contribution in [-0.4, -0.2) is 73.9 Å². The molecule has 0 radical (unpaired) electrons. The van der Waals surface area contributed by atoms with Crippen molar-refractivity contribution in [2.45, 2.75) is 19.9 Å². The fourth-order valence-corrected chi connectivity index (χ4v) is 3.16. The average molecular weight is 421 g/mol. The number of rotatable bonds is 11. The number of methoxy groups -OCH3 is 1. The van der Waals surface area contributed by atoms with Crippen molar-refractivity contribution < 1.29 is 9.47 Å². The van der Waals surface area contributed by atoms with Gasteiger partial charge in [0.1, 0.15) is 5.75 Å². The zero-order valence-electron chi connectivity index (χ0n) is 17.8. The molecule has 0 spiro atoms. The second kappa shape index (κ2) is 11.7. The molecule has 0 unspecified atom stereocenters. The van der Waals surface area contributed by atoms with Crippen LogP contribution in [0.5, 0.6) is 5.75 Å². The molecule has 1 aromatic carbocycles. The van der Waals surface area contributed by atoms with Gasteiger partial charge in [0.05, 0.1) is 13.2 Å². The molecular formula is C21H32N4O3S. The molecule has 0 saturated carbocycles. The van der Waals surface area contributed by atoms with E-state index in [1.807, 2.05) is 50.2 Å². The second-order valence-corrected chi connectivity index (χ2v) is 7.50. The van der Waals surface area contributed by atoms with Crippen LogP contribution >= 0.6 is 12.2 Å². The number of fused-ring (bicyclic) bond motifs is 1. The zero-order valence-corrected chi connectivity index (χ0v) is 18.6. The fourth-order valence-electron chi connectivity index (χ4n) is 2.91. The number of aromatic amines is 1. The van der Waals surface area contributed by atoms with Gasteiger partial charge < -0.3 is 29.6 Å². The predicted molar refractivity (Wildman–Crippen MR) is 122 cm³/mol. The molecule has 160 valence electrons. The van der Waals surface area contributed by atoms with Gasteiger partial charge in [-0.3, -0.25) is 4.79 Å². The first-order chi connectivity index (χ1) is 13.9. The number of nitrogens with zero attached hydrogens (tertiary/aromatic N) is 2. The van der Waals surface area contributed by atoms with Crippen molar-refractivity contribution in [3.8, 4) is 5.75 Å². The van der Waals surface area contributed by atoms with Crippen LogP contribution in [0, 0.1) is 0 Å². The minimum absolute atomic E-state index is 0.0984. The molecule has 1 heterocycles. The first-order valence-corrected chi connectivity index (χ1v) is 10.3. The summed E-state index contributed by atoms with van der Waals surface area (Å²) in [7, 11) is 5.72. The SMILES string of the molecule is CCOc1ccc2[nH]c(=O)c(CN(CCN(C)C)C(=S)NCCCOC)cc2c1. The molecule has 0 amide bonds. The van der Waals surface area contributed by atoms with E-state index in [4.69, 9.17) is 21.7 Å². The Labute approximate surface area is 178 Å². The number of H-pyrrole nitrogens is 1. The minimum atomic E-state index is -0.0984. The van der Waals surface area contributed by atoms with Crippen molar-refractivity contribution >= 4 is 28.2 Å². The van der Waals surface area contributed by atoms with Gasteiger partial charge in [0.2, 0.25) is 0 Å². The van der Waals surface area contributed by atoms with Crippen LogP contribution in [0.25, 0.3) is 10.9 Å². The number of ether oxygens (including phenoxy) is 2. The molecule has 2 rings (SSSR count). The van der Waals surface area contributed by atoms with Crippen molar-refractivity contribution in [1.82, 2.24) is 20.1 Å². The van der Waals surface area contributed by atoms with E-state index in [-0.39, 0.29) is 5.56 Å². The lowest BCUT2D eigenvalue weighted by Crippen LogP contribution is -2.43. The lowest BCUT2D eigenvalue weighted by Gasteiger charge is -2.27. The van der Waals surface area contributed by atoms with Gasteiger partial charge in [-0.1, -0.05) is 0 Å². The maximum atomic E-state index is 12.6. The molecule has 7 nitrogen and oxygen atoms in total. The van der Waals surface area contributed by atoms with Gasteiger partial charge in [0.25, 0.3) is 5.56 Å². The van der Waals surface area contributed by atoms with E-state index in [2.05, 4.69) is 15.2 Å².